The van der Waals surface area contributed by atoms with Crippen LogP contribution in [0.5, 0.6) is 0 Å². The van der Waals surface area contributed by atoms with Gasteiger partial charge in [0.05, 0.1) is 24.3 Å². The maximum atomic E-state index is 12.5. The lowest BCUT2D eigenvalue weighted by Crippen LogP contribution is -2.31. The Morgan fingerprint density at radius 3 is 2.86 bits per heavy atom. The second kappa shape index (κ2) is 6.05. The summed E-state index contributed by atoms with van der Waals surface area (Å²) in [7, 11) is 0. The second-order valence-corrected chi connectivity index (χ2v) is 5.44. The van der Waals surface area contributed by atoms with E-state index >= 15 is 0 Å². The number of benzene rings is 1. The third-order valence-corrected chi connectivity index (χ3v) is 3.97. The van der Waals surface area contributed by atoms with Crippen LogP contribution in [0.1, 0.15) is 40.6 Å². The number of hydrogen-bond acceptors (Lipinski definition) is 3. The topological polar surface area (TPSA) is 70.8 Å². The Hall–Kier alpha value is -2.56. The van der Waals surface area contributed by atoms with Crippen molar-refractivity contribution in [1.82, 2.24) is 4.90 Å². The molecule has 2 aromatic rings. The monoisotopic (exact) mass is 299 g/mol. The van der Waals surface area contributed by atoms with E-state index in [1.54, 1.807) is 24.5 Å². The Morgan fingerprint density at radius 1 is 1.27 bits per heavy atom. The van der Waals surface area contributed by atoms with Crippen molar-refractivity contribution in [2.75, 3.05) is 6.54 Å². The van der Waals surface area contributed by atoms with Gasteiger partial charge in [0, 0.05) is 6.54 Å². The Bertz CT molecular complexity index is 678. The molecule has 1 saturated heterocycles. The minimum Gasteiger partial charge on any atom is -0.478 e. The molecule has 0 aliphatic carbocycles. The highest BCUT2D eigenvalue weighted by Gasteiger charge is 2.31. The van der Waals surface area contributed by atoms with Gasteiger partial charge in [-0.1, -0.05) is 12.1 Å². The smallest absolute Gasteiger partial charge is 0.335 e. The molecule has 1 N–H and O–H groups in total. The van der Waals surface area contributed by atoms with Crippen LogP contribution in [0.15, 0.2) is 47.1 Å². The summed E-state index contributed by atoms with van der Waals surface area (Å²) >= 11 is 0. The molecule has 3 rings (SSSR count). The molecule has 0 radical (unpaired) electrons. The first kappa shape index (κ1) is 14.4. The zero-order valence-electron chi connectivity index (χ0n) is 12.1. The molecule has 1 unspecified atom stereocenters. The second-order valence-electron chi connectivity index (χ2n) is 5.44. The van der Waals surface area contributed by atoms with Crippen LogP contribution < -0.4 is 0 Å². The quantitative estimate of drug-likeness (QED) is 0.942. The highest BCUT2D eigenvalue weighted by Crippen LogP contribution is 2.32. The van der Waals surface area contributed by atoms with Crippen LogP contribution in [0.4, 0.5) is 0 Å². The molecule has 1 aliphatic heterocycles. The molecular weight excluding hydrogens is 282 g/mol. The fraction of sp³-hybridized carbons (Fsp3) is 0.294. The van der Waals surface area contributed by atoms with Crippen molar-refractivity contribution >= 4 is 11.9 Å². The van der Waals surface area contributed by atoms with E-state index in [0.29, 0.717) is 6.54 Å². The number of amides is 1. The lowest BCUT2D eigenvalue weighted by Gasteiger charge is -2.23. The lowest BCUT2D eigenvalue weighted by molar-refractivity contribution is -0.131. The average Bonchev–Trinajstić information content (AvgIpc) is 3.18. The van der Waals surface area contributed by atoms with Crippen molar-refractivity contribution in [2.45, 2.75) is 25.3 Å². The zero-order chi connectivity index (χ0) is 15.5. The number of likely N-dealkylation sites (tertiary alicyclic amines) is 1. The molecule has 0 saturated carbocycles. The normalized spacial score (nSPS) is 17.6. The van der Waals surface area contributed by atoms with Crippen LogP contribution in [-0.4, -0.2) is 28.4 Å². The van der Waals surface area contributed by atoms with Crippen molar-refractivity contribution in [3.05, 3.63) is 59.5 Å². The molecule has 2 heterocycles. The van der Waals surface area contributed by atoms with Gasteiger partial charge in [0.25, 0.3) is 0 Å². The van der Waals surface area contributed by atoms with Gasteiger partial charge >= 0.3 is 5.97 Å². The van der Waals surface area contributed by atoms with Gasteiger partial charge in [-0.25, -0.2) is 4.79 Å². The van der Waals surface area contributed by atoms with E-state index < -0.39 is 5.97 Å². The molecule has 22 heavy (non-hydrogen) atoms. The van der Waals surface area contributed by atoms with Crippen LogP contribution in [0, 0.1) is 0 Å². The number of carbonyl (C=O) groups is 2. The molecule has 1 fully saturated rings. The van der Waals surface area contributed by atoms with E-state index in [1.165, 1.54) is 6.07 Å². The molecule has 1 aromatic carbocycles. The first-order valence-electron chi connectivity index (χ1n) is 7.30. The maximum Gasteiger partial charge on any atom is 0.335 e. The van der Waals surface area contributed by atoms with Crippen molar-refractivity contribution < 1.29 is 19.1 Å². The summed E-state index contributed by atoms with van der Waals surface area (Å²) < 4.78 is 5.43. The number of nitrogens with zero attached hydrogens (tertiary/aromatic N) is 1. The number of furan rings is 1. The molecule has 1 aromatic heterocycles. The molecule has 1 aliphatic rings. The number of rotatable bonds is 4. The third-order valence-electron chi connectivity index (χ3n) is 3.97. The number of hydrogen-bond donors (Lipinski definition) is 1. The van der Waals surface area contributed by atoms with Crippen LogP contribution in [0.2, 0.25) is 0 Å². The SMILES string of the molecule is O=C(O)c1cccc(CC(=O)N2CCCC2c2ccco2)c1. The van der Waals surface area contributed by atoms with Gasteiger partial charge in [-0.05, 0) is 42.7 Å². The van der Waals surface area contributed by atoms with Gasteiger partial charge < -0.3 is 14.4 Å². The standard InChI is InChI=1S/C17H17NO4/c19-16(11-12-4-1-5-13(10-12)17(20)21)18-8-2-6-14(18)15-7-3-9-22-15/h1,3-5,7,9-10,14H,2,6,8,11H2,(H,20,21). The van der Waals surface area contributed by atoms with E-state index in [2.05, 4.69) is 0 Å². The van der Waals surface area contributed by atoms with E-state index in [0.717, 1.165) is 24.2 Å². The van der Waals surface area contributed by atoms with E-state index in [4.69, 9.17) is 9.52 Å². The fourth-order valence-electron chi connectivity index (χ4n) is 2.93. The van der Waals surface area contributed by atoms with E-state index in [9.17, 15) is 9.59 Å². The van der Waals surface area contributed by atoms with Crippen molar-refractivity contribution in [3.63, 3.8) is 0 Å². The molecule has 114 valence electrons. The van der Waals surface area contributed by atoms with Gasteiger partial charge in [0.2, 0.25) is 5.91 Å². The maximum absolute atomic E-state index is 12.5. The molecule has 5 nitrogen and oxygen atoms in total. The van der Waals surface area contributed by atoms with E-state index in [1.807, 2.05) is 17.0 Å². The van der Waals surface area contributed by atoms with Gasteiger partial charge in [-0.3, -0.25) is 4.79 Å². The Morgan fingerprint density at radius 2 is 2.14 bits per heavy atom. The van der Waals surface area contributed by atoms with Crippen molar-refractivity contribution in [2.24, 2.45) is 0 Å². The molecule has 0 spiro atoms. The van der Waals surface area contributed by atoms with E-state index in [-0.39, 0.29) is 23.9 Å². The number of carboxylic acid groups (broad SMARTS) is 1. The van der Waals surface area contributed by atoms with Gasteiger partial charge in [0.1, 0.15) is 5.76 Å². The third kappa shape index (κ3) is 2.88. The minimum absolute atomic E-state index is 0.00133. The summed E-state index contributed by atoms with van der Waals surface area (Å²) in [5.41, 5.74) is 0.921. The highest BCUT2D eigenvalue weighted by atomic mass is 16.4. The fourth-order valence-corrected chi connectivity index (χ4v) is 2.93. The molecule has 5 heteroatoms. The minimum atomic E-state index is -0.982. The first-order chi connectivity index (χ1) is 10.6. The Kier molecular flexibility index (Phi) is 3.96. The van der Waals surface area contributed by atoms with Crippen molar-refractivity contribution in [3.8, 4) is 0 Å². The Labute approximate surface area is 128 Å². The number of aromatic carboxylic acids is 1. The zero-order valence-corrected chi connectivity index (χ0v) is 12.1. The lowest BCUT2D eigenvalue weighted by atomic mass is 10.1. The Balaban J connectivity index is 1.74. The molecule has 1 amide bonds. The number of carbonyl (C=O) groups excluding carboxylic acids is 1. The average molecular weight is 299 g/mol. The summed E-state index contributed by atoms with van der Waals surface area (Å²) in [6.45, 7) is 0.711. The largest absolute Gasteiger partial charge is 0.478 e. The predicted octanol–water partition coefficient (Wildman–Crippen LogP) is 2.88. The highest BCUT2D eigenvalue weighted by molar-refractivity contribution is 5.88. The van der Waals surface area contributed by atoms with Crippen molar-refractivity contribution in [1.29, 1.82) is 0 Å². The van der Waals surface area contributed by atoms with Crippen LogP contribution in [0.25, 0.3) is 0 Å². The van der Waals surface area contributed by atoms with Crippen LogP contribution in [-0.2, 0) is 11.2 Å². The van der Waals surface area contributed by atoms with Gasteiger partial charge in [0.15, 0.2) is 0 Å². The summed E-state index contributed by atoms with van der Waals surface area (Å²) in [5, 5.41) is 9.01. The molecule has 0 bridgehead atoms. The summed E-state index contributed by atoms with van der Waals surface area (Å²) in [5.74, 6) is -0.171. The van der Waals surface area contributed by atoms with Crippen LogP contribution in [0.3, 0.4) is 0 Å². The summed E-state index contributed by atoms with van der Waals surface area (Å²) in [6.07, 6.45) is 3.67. The molecule has 1 atom stereocenters. The molecular formula is C17H17NO4. The van der Waals surface area contributed by atoms with Gasteiger partial charge in [-0.15, -0.1) is 0 Å². The first-order valence-corrected chi connectivity index (χ1v) is 7.30. The van der Waals surface area contributed by atoms with Crippen LogP contribution >= 0.6 is 0 Å². The summed E-state index contributed by atoms with van der Waals surface area (Å²) in [6, 6.07) is 10.2. The number of carboxylic acids is 1. The predicted molar refractivity (Wildman–Crippen MR) is 79.5 cm³/mol. The van der Waals surface area contributed by atoms with Gasteiger partial charge in [-0.2, -0.15) is 0 Å². The summed E-state index contributed by atoms with van der Waals surface area (Å²) in [4.78, 5) is 25.4.